The van der Waals surface area contributed by atoms with Crippen LogP contribution in [0.4, 0.5) is 0 Å². The minimum Gasteiger partial charge on any atom is -0.376 e. The fourth-order valence-electron chi connectivity index (χ4n) is 1.48. The number of ether oxygens (including phenoxy) is 1. The largest absolute Gasteiger partial charge is 0.376 e. The lowest BCUT2D eigenvalue weighted by Gasteiger charge is -2.15. The van der Waals surface area contributed by atoms with Gasteiger partial charge in [-0.2, -0.15) is 0 Å². The summed E-state index contributed by atoms with van der Waals surface area (Å²) in [5.74, 6) is 0.738. The number of rotatable bonds is 3. The first-order chi connectivity index (χ1) is 6.09. The van der Waals surface area contributed by atoms with E-state index in [4.69, 9.17) is 4.74 Å². The molecular formula is C10H19NO2. The van der Waals surface area contributed by atoms with Gasteiger partial charge in [-0.05, 0) is 12.3 Å². The van der Waals surface area contributed by atoms with Gasteiger partial charge in [0.05, 0.1) is 6.10 Å². The van der Waals surface area contributed by atoms with Crippen LogP contribution in [0.5, 0.6) is 0 Å². The molecule has 1 fully saturated rings. The quantitative estimate of drug-likeness (QED) is 0.663. The molecule has 0 aromatic carbocycles. The number of carbonyl (C=O) groups excluding carboxylic acids is 1. The van der Waals surface area contributed by atoms with Crippen LogP contribution in [0.25, 0.3) is 0 Å². The molecular weight excluding hydrogens is 166 g/mol. The van der Waals surface area contributed by atoms with E-state index in [1.54, 1.807) is 6.92 Å². The van der Waals surface area contributed by atoms with E-state index in [2.05, 4.69) is 13.8 Å². The van der Waals surface area contributed by atoms with Gasteiger partial charge in [-0.3, -0.25) is 4.79 Å². The molecule has 1 rings (SSSR count). The third kappa shape index (κ3) is 3.35. The van der Waals surface area contributed by atoms with Crippen molar-refractivity contribution in [2.24, 2.45) is 5.92 Å². The Bertz CT molecular complexity index is 180. The fraction of sp³-hybridized carbons (Fsp3) is 0.900. The van der Waals surface area contributed by atoms with Crippen LogP contribution in [0.2, 0.25) is 0 Å². The minimum absolute atomic E-state index is 0.163. The van der Waals surface area contributed by atoms with E-state index < -0.39 is 0 Å². The van der Waals surface area contributed by atoms with Crippen LogP contribution in [-0.4, -0.2) is 36.6 Å². The maximum Gasteiger partial charge on any atom is 0.219 e. The minimum atomic E-state index is 0.163. The second-order valence-electron chi connectivity index (χ2n) is 4.10. The van der Waals surface area contributed by atoms with Crippen LogP contribution in [0.3, 0.4) is 0 Å². The van der Waals surface area contributed by atoms with E-state index >= 15 is 0 Å². The summed E-state index contributed by atoms with van der Waals surface area (Å²) in [5, 5.41) is 0. The third-order valence-corrected chi connectivity index (χ3v) is 2.26. The predicted octanol–water partition coefficient (Wildman–Crippen LogP) is 1.28. The zero-order valence-electron chi connectivity index (χ0n) is 8.75. The van der Waals surface area contributed by atoms with Gasteiger partial charge in [0.2, 0.25) is 5.91 Å². The van der Waals surface area contributed by atoms with Gasteiger partial charge in [-0.25, -0.2) is 0 Å². The number of likely N-dealkylation sites (tertiary alicyclic amines) is 1. The highest BCUT2D eigenvalue weighted by atomic mass is 16.5. The van der Waals surface area contributed by atoms with E-state index in [1.165, 1.54) is 0 Å². The van der Waals surface area contributed by atoms with Crippen LogP contribution in [0.1, 0.15) is 27.2 Å². The van der Waals surface area contributed by atoms with E-state index in [1.807, 2.05) is 4.90 Å². The zero-order valence-corrected chi connectivity index (χ0v) is 8.75. The molecule has 1 atom stereocenters. The second-order valence-corrected chi connectivity index (χ2v) is 4.10. The predicted molar refractivity (Wildman–Crippen MR) is 51.4 cm³/mol. The van der Waals surface area contributed by atoms with Gasteiger partial charge in [-0.1, -0.05) is 13.8 Å². The Labute approximate surface area is 80.1 Å². The van der Waals surface area contributed by atoms with Crippen molar-refractivity contribution in [1.29, 1.82) is 0 Å². The highest BCUT2D eigenvalue weighted by Crippen LogP contribution is 2.13. The number of carbonyl (C=O) groups is 1. The summed E-state index contributed by atoms with van der Waals surface area (Å²) >= 11 is 0. The summed E-state index contributed by atoms with van der Waals surface area (Å²) in [7, 11) is 0. The molecule has 0 aromatic rings. The Hall–Kier alpha value is -0.570. The highest BCUT2D eigenvalue weighted by molar-refractivity contribution is 5.73. The van der Waals surface area contributed by atoms with E-state index in [-0.39, 0.29) is 12.0 Å². The van der Waals surface area contributed by atoms with Gasteiger partial charge in [0, 0.05) is 26.6 Å². The molecule has 1 saturated heterocycles. The lowest BCUT2D eigenvalue weighted by molar-refractivity contribution is -0.128. The van der Waals surface area contributed by atoms with Crippen molar-refractivity contribution in [3.8, 4) is 0 Å². The van der Waals surface area contributed by atoms with Crippen molar-refractivity contribution in [3.05, 3.63) is 0 Å². The first-order valence-corrected chi connectivity index (χ1v) is 4.96. The molecule has 0 N–H and O–H groups in total. The molecule has 0 aliphatic carbocycles. The molecule has 3 nitrogen and oxygen atoms in total. The van der Waals surface area contributed by atoms with Gasteiger partial charge in [-0.15, -0.1) is 0 Å². The van der Waals surface area contributed by atoms with Crippen LogP contribution in [0, 0.1) is 5.92 Å². The Balaban J connectivity index is 2.21. The third-order valence-electron chi connectivity index (χ3n) is 2.26. The lowest BCUT2D eigenvalue weighted by Crippen LogP contribution is -2.28. The highest BCUT2D eigenvalue weighted by Gasteiger charge is 2.24. The summed E-state index contributed by atoms with van der Waals surface area (Å²) in [6.07, 6.45) is 1.26. The lowest BCUT2D eigenvalue weighted by atomic mass is 10.2. The molecule has 3 heteroatoms. The molecule has 1 unspecified atom stereocenters. The summed E-state index contributed by atoms with van der Waals surface area (Å²) in [6.45, 7) is 8.33. The number of hydrogen-bond acceptors (Lipinski definition) is 2. The number of amides is 1. The van der Waals surface area contributed by atoms with E-state index in [0.717, 1.165) is 26.1 Å². The van der Waals surface area contributed by atoms with Crippen molar-refractivity contribution in [2.45, 2.75) is 33.3 Å². The van der Waals surface area contributed by atoms with Crippen molar-refractivity contribution >= 4 is 5.91 Å². The van der Waals surface area contributed by atoms with Gasteiger partial charge in [0.25, 0.3) is 0 Å². The van der Waals surface area contributed by atoms with Crippen molar-refractivity contribution < 1.29 is 9.53 Å². The first kappa shape index (κ1) is 10.5. The molecule has 0 spiro atoms. The summed E-state index contributed by atoms with van der Waals surface area (Å²) in [5.41, 5.74) is 0. The average Bonchev–Trinajstić information content (AvgIpc) is 2.48. The summed E-state index contributed by atoms with van der Waals surface area (Å²) in [6, 6.07) is 0. The standard InChI is InChI=1S/C10H19NO2/c1-8(2)7-13-10-4-5-11(6-10)9(3)12/h8,10H,4-7H2,1-3H3. The average molecular weight is 185 g/mol. The monoisotopic (exact) mass is 185 g/mol. The van der Waals surface area contributed by atoms with Gasteiger partial charge in [0.15, 0.2) is 0 Å². The summed E-state index contributed by atoms with van der Waals surface area (Å²) < 4.78 is 5.65. The topological polar surface area (TPSA) is 29.5 Å². The molecule has 1 aliphatic heterocycles. The molecule has 1 aliphatic rings. The SMILES string of the molecule is CC(=O)N1CCC(OCC(C)C)C1. The Kier molecular flexibility index (Phi) is 3.72. The van der Waals surface area contributed by atoms with Gasteiger partial charge < -0.3 is 9.64 Å². The van der Waals surface area contributed by atoms with Gasteiger partial charge in [0.1, 0.15) is 0 Å². The molecule has 0 radical (unpaired) electrons. The van der Waals surface area contributed by atoms with E-state index in [9.17, 15) is 4.79 Å². The van der Waals surface area contributed by atoms with Crippen molar-refractivity contribution in [3.63, 3.8) is 0 Å². The molecule has 13 heavy (non-hydrogen) atoms. The smallest absolute Gasteiger partial charge is 0.219 e. The second kappa shape index (κ2) is 4.61. The molecule has 0 aromatic heterocycles. The normalized spacial score (nSPS) is 22.8. The molecule has 1 heterocycles. The fourth-order valence-corrected chi connectivity index (χ4v) is 1.48. The zero-order chi connectivity index (χ0) is 9.84. The molecule has 1 amide bonds. The van der Waals surface area contributed by atoms with E-state index in [0.29, 0.717) is 5.92 Å². The number of nitrogens with zero attached hydrogens (tertiary/aromatic N) is 1. The van der Waals surface area contributed by atoms with Crippen molar-refractivity contribution in [1.82, 2.24) is 4.90 Å². The molecule has 0 saturated carbocycles. The van der Waals surface area contributed by atoms with Crippen LogP contribution >= 0.6 is 0 Å². The molecule has 76 valence electrons. The summed E-state index contributed by atoms with van der Waals surface area (Å²) in [4.78, 5) is 12.9. The number of hydrogen-bond donors (Lipinski definition) is 0. The van der Waals surface area contributed by atoms with Crippen molar-refractivity contribution in [2.75, 3.05) is 19.7 Å². The van der Waals surface area contributed by atoms with Crippen LogP contribution < -0.4 is 0 Å². The maximum atomic E-state index is 11.0. The molecule has 0 bridgehead atoms. The van der Waals surface area contributed by atoms with Crippen LogP contribution in [0.15, 0.2) is 0 Å². The Morgan fingerprint density at radius 2 is 2.31 bits per heavy atom. The maximum absolute atomic E-state index is 11.0. The Morgan fingerprint density at radius 1 is 1.62 bits per heavy atom. The van der Waals surface area contributed by atoms with Crippen LogP contribution in [-0.2, 0) is 9.53 Å². The Morgan fingerprint density at radius 3 is 2.77 bits per heavy atom. The van der Waals surface area contributed by atoms with Gasteiger partial charge >= 0.3 is 0 Å². The first-order valence-electron chi connectivity index (χ1n) is 4.96.